The van der Waals surface area contributed by atoms with E-state index in [-0.39, 0.29) is 0 Å². The number of imidazole rings is 1. The van der Waals surface area contributed by atoms with Crippen molar-refractivity contribution in [2.75, 3.05) is 0 Å². The highest BCUT2D eigenvalue weighted by Crippen LogP contribution is 2.30. The van der Waals surface area contributed by atoms with Gasteiger partial charge in [-0.2, -0.15) is 5.26 Å². The molecule has 1 saturated carbocycles. The van der Waals surface area contributed by atoms with Crippen molar-refractivity contribution in [1.82, 2.24) is 19.4 Å². The van der Waals surface area contributed by atoms with E-state index >= 15 is 0 Å². The van der Waals surface area contributed by atoms with Crippen LogP contribution in [0.1, 0.15) is 42.3 Å². The molecule has 2 unspecified atom stereocenters. The van der Waals surface area contributed by atoms with Gasteiger partial charge in [-0.1, -0.05) is 0 Å². The minimum atomic E-state index is 0.476. The van der Waals surface area contributed by atoms with E-state index in [1.807, 2.05) is 36.4 Å². The Morgan fingerprint density at radius 2 is 2.33 bits per heavy atom. The predicted octanol–water partition coefficient (Wildman–Crippen LogP) is 2.29. The summed E-state index contributed by atoms with van der Waals surface area (Å²) in [7, 11) is 1.95. The Bertz CT molecular complexity index is 647. The van der Waals surface area contributed by atoms with E-state index in [4.69, 9.17) is 5.26 Å². The molecule has 0 radical (unpaired) electrons. The van der Waals surface area contributed by atoms with Crippen molar-refractivity contribution >= 4 is 0 Å². The first-order chi connectivity index (χ1) is 10.2. The number of nitrogens with zero attached hydrogens (tertiary/aromatic N) is 4. The van der Waals surface area contributed by atoms with Gasteiger partial charge in [-0.25, -0.2) is 4.98 Å². The van der Waals surface area contributed by atoms with Gasteiger partial charge in [-0.15, -0.1) is 0 Å². The molecular weight excluding hydrogens is 262 g/mol. The molecule has 0 amide bonds. The second kappa shape index (κ2) is 5.74. The molecule has 1 aliphatic rings. The Balaban J connectivity index is 1.69. The minimum Gasteiger partial charge on any atom is -0.340 e. The number of hydrogen-bond donors (Lipinski definition) is 1. The van der Waals surface area contributed by atoms with Crippen molar-refractivity contribution < 1.29 is 0 Å². The Morgan fingerprint density at radius 3 is 3.00 bits per heavy atom. The summed E-state index contributed by atoms with van der Waals surface area (Å²) in [4.78, 5) is 4.16. The van der Waals surface area contributed by atoms with Gasteiger partial charge in [0.15, 0.2) is 0 Å². The number of nitrogens with one attached hydrogen (secondary N) is 1. The molecule has 5 nitrogen and oxygen atoms in total. The van der Waals surface area contributed by atoms with Crippen LogP contribution in [-0.2, 0) is 13.6 Å². The zero-order chi connectivity index (χ0) is 14.8. The van der Waals surface area contributed by atoms with Gasteiger partial charge in [0.1, 0.15) is 11.8 Å². The van der Waals surface area contributed by atoms with Crippen molar-refractivity contribution in [2.24, 2.45) is 7.05 Å². The Morgan fingerprint density at radius 1 is 1.48 bits per heavy atom. The summed E-state index contributed by atoms with van der Waals surface area (Å²) in [5.74, 6) is 0. The second-order valence-corrected chi connectivity index (χ2v) is 5.81. The molecule has 110 valence electrons. The first-order valence-corrected chi connectivity index (χ1v) is 7.47. The molecule has 3 rings (SSSR count). The molecule has 21 heavy (non-hydrogen) atoms. The van der Waals surface area contributed by atoms with Crippen LogP contribution in [0.5, 0.6) is 0 Å². The van der Waals surface area contributed by atoms with Crippen LogP contribution >= 0.6 is 0 Å². The standard InChI is InChI=1S/C16H21N5/c1-12-13(8-14(9-17)20(12)2)10-19-15-4-3-5-16(15)21-7-6-18-11-21/h6-8,11,15-16,19H,3-5,10H2,1-2H3. The largest absolute Gasteiger partial charge is 0.340 e. The third kappa shape index (κ3) is 2.59. The summed E-state index contributed by atoms with van der Waals surface area (Å²) >= 11 is 0. The van der Waals surface area contributed by atoms with Crippen LogP contribution in [0.3, 0.4) is 0 Å². The molecule has 2 aromatic heterocycles. The Labute approximate surface area is 125 Å². The lowest BCUT2D eigenvalue weighted by atomic mass is 10.1. The van der Waals surface area contributed by atoms with Crippen LogP contribution < -0.4 is 5.32 Å². The molecule has 1 fully saturated rings. The maximum Gasteiger partial charge on any atom is 0.120 e. The molecule has 0 spiro atoms. The van der Waals surface area contributed by atoms with E-state index in [0.717, 1.165) is 17.9 Å². The van der Waals surface area contributed by atoms with Crippen LogP contribution in [0, 0.1) is 18.3 Å². The molecule has 2 heterocycles. The van der Waals surface area contributed by atoms with Crippen molar-refractivity contribution in [3.8, 4) is 6.07 Å². The highest BCUT2D eigenvalue weighted by atomic mass is 15.1. The SMILES string of the molecule is Cc1c(CNC2CCCC2n2ccnc2)cc(C#N)n1C. The zero-order valence-corrected chi connectivity index (χ0v) is 12.6. The van der Waals surface area contributed by atoms with E-state index in [1.165, 1.54) is 24.8 Å². The van der Waals surface area contributed by atoms with Crippen LogP contribution in [0.25, 0.3) is 0 Å². The monoisotopic (exact) mass is 283 g/mol. The molecule has 2 atom stereocenters. The lowest BCUT2D eigenvalue weighted by Gasteiger charge is -2.22. The molecule has 0 bridgehead atoms. The molecule has 2 aromatic rings. The summed E-state index contributed by atoms with van der Waals surface area (Å²) in [5, 5.41) is 12.8. The van der Waals surface area contributed by atoms with E-state index < -0.39 is 0 Å². The lowest BCUT2D eigenvalue weighted by Crippen LogP contribution is -2.33. The van der Waals surface area contributed by atoms with Crippen molar-refractivity contribution in [3.05, 3.63) is 41.7 Å². The average Bonchev–Trinajstić information content (AvgIpc) is 3.20. The van der Waals surface area contributed by atoms with Gasteiger partial charge in [-0.05, 0) is 37.8 Å². The number of hydrogen-bond acceptors (Lipinski definition) is 3. The van der Waals surface area contributed by atoms with Crippen molar-refractivity contribution in [3.63, 3.8) is 0 Å². The van der Waals surface area contributed by atoms with Gasteiger partial charge in [0.05, 0.1) is 6.33 Å². The topological polar surface area (TPSA) is 58.6 Å². The smallest absolute Gasteiger partial charge is 0.120 e. The highest BCUT2D eigenvalue weighted by Gasteiger charge is 2.28. The number of rotatable bonds is 4. The summed E-state index contributed by atoms with van der Waals surface area (Å²) in [5.41, 5.74) is 3.10. The Kier molecular flexibility index (Phi) is 3.80. The molecule has 0 aliphatic heterocycles. The lowest BCUT2D eigenvalue weighted by molar-refractivity contribution is 0.390. The maximum absolute atomic E-state index is 9.10. The molecular formula is C16H21N5. The number of aromatic nitrogens is 3. The first kappa shape index (κ1) is 13.9. The molecule has 1 N–H and O–H groups in total. The normalized spacial score (nSPS) is 21.6. The predicted molar refractivity (Wildman–Crippen MR) is 80.6 cm³/mol. The summed E-state index contributed by atoms with van der Waals surface area (Å²) < 4.78 is 4.17. The third-order valence-electron chi connectivity index (χ3n) is 4.70. The average molecular weight is 283 g/mol. The highest BCUT2D eigenvalue weighted by molar-refractivity contribution is 5.34. The summed E-state index contributed by atoms with van der Waals surface area (Å²) in [6.07, 6.45) is 9.44. The summed E-state index contributed by atoms with van der Waals surface area (Å²) in [6.45, 7) is 2.89. The third-order valence-corrected chi connectivity index (χ3v) is 4.70. The maximum atomic E-state index is 9.10. The first-order valence-electron chi connectivity index (χ1n) is 7.47. The molecule has 1 aliphatic carbocycles. The van der Waals surface area contributed by atoms with Gasteiger partial charge in [0, 0.05) is 43.8 Å². The minimum absolute atomic E-state index is 0.476. The quantitative estimate of drug-likeness (QED) is 0.936. The van der Waals surface area contributed by atoms with Crippen LogP contribution in [0.4, 0.5) is 0 Å². The van der Waals surface area contributed by atoms with E-state index in [2.05, 4.69) is 27.9 Å². The van der Waals surface area contributed by atoms with Crippen LogP contribution in [-0.4, -0.2) is 20.2 Å². The zero-order valence-electron chi connectivity index (χ0n) is 12.6. The van der Waals surface area contributed by atoms with Gasteiger partial charge in [0.2, 0.25) is 0 Å². The van der Waals surface area contributed by atoms with Gasteiger partial charge in [-0.3, -0.25) is 0 Å². The molecule has 5 heteroatoms. The molecule has 0 saturated heterocycles. The fraction of sp³-hybridized carbons (Fsp3) is 0.500. The van der Waals surface area contributed by atoms with Gasteiger partial charge in [0.25, 0.3) is 0 Å². The van der Waals surface area contributed by atoms with E-state index in [0.29, 0.717) is 12.1 Å². The fourth-order valence-electron chi connectivity index (χ4n) is 3.29. The second-order valence-electron chi connectivity index (χ2n) is 5.81. The molecule has 0 aromatic carbocycles. The van der Waals surface area contributed by atoms with Crippen LogP contribution in [0.2, 0.25) is 0 Å². The fourth-order valence-corrected chi connectivity index (χ4v) is 3.29. The van der Waals surface area contributed by atoms with Crippen LogP contribution in [0.15, 0.2) is 24.8 Å². The van der Waals surface area contributed by atoms with Crippen molar-refractivity contribution in [2.45, 2.75) is 44.8 Å². The van der Waals surface area contributed by atoms with E-state index in [9.17, 15) is 0 Å². The summed E-state index contributed by atoms with van der Waals surface area (Å²) in [6, 6.07) is 5.20. The van der Waals surface area contributed by atoms with Gasteiger partial charge >= 0.3 is 0 Å². The van der Waals surface area contributed by atoms with Crippen molar-refractivity contribution in [1.29, 1.82) is 5.26 Å². The van der Waals surface area contributed by atoms with Gasteiger partial charge < -0.3 is 14.5 Å². The Hall–Kier alpha value is -2.06. The number of nitriles is 1. The van der Waals surface area contributed by atoms with E-state index in [1.54, 1.807) is 0 Å².